The van der Waals surface area contributed by atoms with Gasteiger partial charge >= 0.3 is 0 Å². The molecular weight excluding hydrogens is 282 g/mol. The van der Waals surface area contributed by atoms with E-state index in [2.05, 4.69) is 29.4 Å². The lowest BCUT2D eigenvalue weighted by molar-refractivity contribution is 0.168. The Morgan fingerprint density at radius 1 is 1.52 bits per heavy atom. The van der Waals surface area contributed by atoms with Crippen molar-refractivity contribution in [1.82, 2.24) is 15.2 Å². The fraction of sp³-hybridized carbons (Fsp3) is 0.812. The lowest BCUT2D eigenvalue weighted by atomic mass is 9.89. The van der Waals surface area contributed by atoms with Crippen LogP contribution in [-0.4, -0.2) is 49.3 Å². The first-order valence-electron chi connectivity index (χ1n) is 8.11. The molecular formula is C16H27N3OS. The van der Waals surface area contributed by atoms with Gasteiger partial charge < -0.3 is 10.1 Å². The molecule has 0 spiro atoms. The molecule has 0 amide bonds. The van der Waals surface area contributed by atoms with Gasteiger partial charge in [0.15, 0.2) is 0 Å². The van der Waals surface area contributed by atoms with Crippen LogP contribution in [0, 0.1) is 0 Å². The van der Waals surface area contributed by atoms with Crippen molar-refractivity contribution in [1.29, 1.82) is 0 Å². The molecule has 3 heterocycles. The van der Waals surface area contributed by atoms with E-state index >= 15 is 0 Å². The summed E-state index contributed by atoms with van der Waals surface area (Å²) in [5.41, 5.74) is 1.28. The molecule has 0 aliphatic carbocycles. The predicted octanol–water partition coefficient (Wildman–Crippen LogP) is 2.57. The molecule has 0 radical (unpaired) electrons. The van der Waals surface area contributed by atoms with Gasteiger partial charge in [0.05, 0.1) is 17.8 Å². The highest BCUT2D eigenvalue weighted by Crippen LogP contribution is 2.44. The highest BCUT2D eigenvalue weighted by molar-refractivity contribution is 7.09. The lowest BCUT2D eigenvalue weighted by Gasteiger charge is -2.34. The third-order valence-corrected chi connectivity index (χ3v) is 6.01. The first-order valence-corrected chi connectivity index (χ1v) is 8.99. The van der Waals surface area contributed by atoms with E-state index in [-0.39, 0.29) is 5.54 Å². The van der Waals surface area contributed by atoms with Gasteiger partial charge in [0.2, 0.25) is 0 Å². The molecule has 2 aliphatic heterocycles. The molecule has 2 fully saturated rings. The van der Waals surface area contributed by atoms with Crippen LogP contribution < -0.4 is 5.32 Å². The SMILES string of the molecule is COCCNC1(c2nc(C(C)C)cs2)CCN2CCCC21. The van der Waals surface area contributed by atoms with Gasteiger partial charge in [-0.25, -0.2) is 4.98 Å². The molecule has 2 atom stereocenters. The van der Waals surface area contributed by atoms with E-state index in [1.54, 1.807) is 7.11 Å². The average Bonchev–Trinajstić information content (AvgIpc) is 3.16. The number of hydrogen-bond acceptors (Lipinski definition) is 5. The smallest absolute Gasteiger partial charge is 0.115 e. The van der Waals surface area contributed by atoms with Crippen LogP contribution in [0.5, 0.6) is 0 Å². The first-order chi connectivity index (χ1) is 10.2. The van der Waals surface area contributed by atoms with Crippen LogP contribution in [0.15, 0.2) is 5.38 Å². The Labute approximate surface area is 131 Å². The molecule has 4 nitrogen and oxygen atoms in total. The monoisotopic (exact) mass is 309 g/mol. The number of aromatic nitrogens is 1. The van der Waals surface area contributed by atoms with Gasteiger partial charge in [-0.15, -0.1) is 11.3 Å². The van der Waals surface area contributed by atoms with Crippen LogP contribution >= 0.6 is 11.3 Å². The van der Waals surface area contributed by atoms with Gasteiger partial charge in [-0.05, 0) is 31.7 Å². The van der Waals surface area contributed by atoms with Crippen LogP contribution in [0.3, 0.4) is 0 Å². The van der Waals surface area contributed by atoms with Crippen LogP contribution in [-0.2, 0) is 10.3 Å². The highest BCUT2D eigenvalue weighted by atomic mass is 32.1. The molecule has 1 aromatic heterocycles. The molecule has 3 rings (SSSR count). The third kappa shape index (κ3) is 2.77. The van der Waals surface area contributed by atoms with E-state index in [1.165, 1.54) is 43.1 Å². The van der Waals surface area contributed by atoms with Crippen molar-refractivity contribution in [3.63, 3.8) is 0 Å². The zero-order valence-corrected chi connectivity index (χ0v) is 14.2. The summed E-state index contributed by atoms with van der Waals surface area (Å²) in [6.07, 6.45) is 3.78. The summed E-state index contributed by atoms with van der Waals surface area (Å²) < 4.78 is 5.24. The quantitative estimate of drug-likeness (QED) is 0.820. The molecule has 0 bridgehead atoms. The van der Waals surface area contributed by atoms with Crippen molar-refractivity contribution in [3.05, 3.63) is 16.1 Å². The maximum absolute atomic E-state index is 5.24. The Bertz CT molecular complexity index is 476. The zero-order chi connectivity index (χ0) is 14.9. The van der Waals surface area contributed by atoms with Crippen LogP contribution in [0.4, 0.5) is 0 Å². The number of methoxy groups -OCH3 is 1. The number of thiazole rings is 1. The van der Waals surface area contributed by atoms with Gasteiger partial charge in [0.1, 0.15) is 5.01 Å². The number of hydrogen-bond donors (Lipinski definition) is 1. The summed E-state index contributed by atoms with van der Waals surface area (Å²) >= 11 is 1.84. The van der Waals surface area contributed by atoms with E-state index < -0.39 is 0 Å². The number of nitrogens with one attached hydrogen (secondary N) is 1. The molecule has 2 saturated heterocycles. The minimum absolute atomic E-state index is 0.0484. The zero-order valence-electron chi connectivity index (χ0n) is 13.4. The molecule has 1 N–H and O–H groups in total. The Morgan fingerprint density at radius 3 is 3.10 bits per heavy atom. The molecule has 1 aromatic rings. The molecule has 2 aliphatic rings. The van der Waals surface area contributed by atoms with E-state index in [0.717, 1.165) is 13.2 Å². The summed E-state index contributed by atoms with van der Waals surface area (Å²) in [6, 6.07) is 0.612. The van der Waals surface area contributed by atoms with Crippen molar-refractivity contribution in [2.75, 3.05) is 33.4 Å². The first kappa shape index (κ1) is 15.4. The summed E-state index contributed by atoms with van der Waals surface area (Å²) in [6.45, 7) is 8.55. The van der Waals surface area contributed by atoms with Crippen LogP contribution in [0.25, 0.3) is 0 Å². The average molecular weight is 309 g/mol. The predicted molar refractivity (Wildman–Crippen MR) is 87.0 cm³/mol. The highest BCUT2D eigenvalue weighted by Gasteiger charge is 2.51. The summed E-state index contributed by atoms with van der Waals surface area (Å²) in [4.78, 5) is 7.64. The Hall–Kier alpha value is -0.490. The van der Waals surface area contributed by atoms with Crippen LogP contribution in [0.1, 0.15) is 49.7 Å². The van der Waals surface area contributed by atoms with Crippen molar-refractivity contribution in [3.8, 4) is 0 Å². The Kier molecular flexibility index (Phi) is 4.64. The molecule has 2 unspecified atom stereocenters. The van der Waals surface area contributed by atoms with Gasteiger partial charge in [-0.3, -0.25) is 4.90 Å². The van der Waals surface area contributed by atoms with Crippen LogP contribution in [0.2, 0.25) is 0 Å². The molecule has 21 heavy (non-hydrogen) atoms. The van der Waals surface area contributed by atoms with Crippen molar-refractivity contribution < 1.29 is 4.74 Å². The molecule has 5 heteroatoms. The summed E-state index contributed by atoms with van der Waals surface area (Å²) in [7, 11) is 1.77. The Balaban J connectivity index is 1.87. The van der Waals surface area contributed by atoms with E-state index in [1.807, 2.05) is 11.3 Å². The standard InChI is InChI=1S/C16H27N3OS/c1-12(2)13-11-21-15(18-13)16(17-7-10-20-3)6-9-19-8-4-5-14(16)19/h11-12,14,17H,4-10H2,1-3H3. The van der Waals surface area contributed by atoms with Gasteiger partial charge in [-0.2, -0.15) is 0 Å². The topological polar surface area (TPSA) is 37.4 Å². The molecule has 0 aromatic carbocycles. The Morgan fingerprint density at radius 2 is 2.38 bits per heavy atom. The second kappa shape index (κ2) is 6.32. The number of rotatable bonds is 6. The van der Waals surface area contributed by atoms with Crippen molar-refractivity contribution in [2.24, 2.45) is 0 Å². The number of nitrogens with zero attached hydrogens (tertiary/aromatic N) is 2. The van der Waals surface area contributed by atoms with Crippen molar-refractivity contribution >= 4 is 11.3 Å². The van der Waals surface area contributed by atoms with E-state index in [4.69, 9.17) is 9.72 Å². The third-order valence-electron chi connectivity index (χ3n) is 4.97. The minimum atomic E-state index is 0.0484. The second-order valence-electron chi connectivity index (χ2n) is 6.57. The maximum Gasteiger partial charge on any atom is 0.115 e. The lowest BCUT2D eigenvalue weighted by Crippen LogP contribution is -2.51. The van der Waals surface area contributed by atoms with Crippen molar-refractivity contribution in [2.45, 2.75) is 50.6 Å². The molecule has 0 saturated carbocycles. The largest absolute Gasteiger partial charge is 0.383 e. The van der Waals surface area contributed by atoms with Gasteiger partial charge in [0.25, 0.3) is 0 Å². The fourth-order valence-electron chi connectivity index (χ4n) is 3.80. The number of fused-ring (bicyclic) bond motifs is 1. The fourth-order valence-corrected chi connectivity index (χ4v) is 5.04. The second-order valence-corrected chi connectivity index (χ2v) is 7.43. The normalized spacial score (nSPS) is 29.4. The van der Waals surface area contributed by atoms with E-state index in [9.17, 15) is 0 Å². The minimum Gasteiger partial charge on any atom is -0.383 e. The number of ether oxygens (including phenoxy) is 1. The summed E-state index contributed by atoms with van der Waals surface area (Å²) in [5.74, 6) is 0.507. The maximum atomic E-state index is 5.24. The summed E-state index contributed by atoms with van der Waals surface area (Å²) in [5, 5.41) is 7.35. The van der Waals surface area contributed by atoms with Gasteiger partial charge in [-0.1, -0.05) is 13.8 Å². The van der Waals surface area contributed by atoms with Gasteiger partial charge in [0, 0.05) is 31.6 Å². The molecule has 118 valence electrons. The van der Waals surface area contributed by atoms with E-state index in [0.29, 0.717) is 12.0 Å².